The van der Waals surface area contributed by atoms with E-state index in [1.807, 2.05) is 212 Å². The normalized spacial score (nSPS) is 11.7. The number of nitriles is 1. The fourth-order valence-electron chi connectivity index (χ4n) is 10.8. The van der Waals surface area contributed by atoms with Gasteiger partial charge in [-0.25, -0.2) is 29.9 Å². The number of aromatic nitrogens is 8. The van der Waals surface area contributed by atoms with Crippen LogP contribution in [0.2, 0.25) is 0 Å². The van der Waals surface area contributed by atoms with Crippen LogP contribution in [0, 0.1) is 11.3 Å². The molecule has 0 radical (unpaired) electrons. The van der Waals surface area contributed by atoms with Crippen LogP contribution in [0.4, 0.5) is 13.2 Å². The quantitative estimate of drug-likeness (QED) is 0.142. The molecule has 0 saturated carbocycles. The van der Waals surface area contributed by atoms with Crippen LogP contribution in [0.15, 0.2) is 243 Å². The third-order valence-electron chi connectivity index (χ3n) is 14.4. The van der Waals surface area contributed by atoms with Gasteiger partial charge in [-0.2, -0.15) is 18.4 Å². The van der Waals surface area contributed by atoms with Gasteiger partial charge in [0.25, 0.3) is 0 Å². The first-order valence-corrected chi connectivity index (χ1v) is 25.8. The Bertz CT molecular complexity index is 4380. The number of para-hydroxylation sites is 2. The summed E-state index contributed by atoms with van der Waals surface area (Å²) in [4.78, 5) is 29.8. The Labute approximate surface area is 455 Å². The summed E-state index contributed by atoms with van der Waals surface area (Å²) in [5, 5.41) is 13.1. The lowest BCUT2D eigenvalue weighted by atomic mass is 9.98. The fourth-order valence-corrected chi connectivity index (χ4v) is 10.8. The highest BCUT2D eigenvalue weighted by Crippen LogP contribution is 2.47. The minimum absolute atomic E-state index is 0.124. The van der Waals surface area contributed by atoms with Crippen LogP contribution in [-0.2, 0) is 6.18 Å². The van der Waals surface area contributed by atoms with Crippen LogP contribution in [0.1, 0.15) is 11.1 Å². The van der Waals surface area contributed by atoms with Crippen molar-refractivity contribution < 1.29 is 13.2 Å². The second kappa shape index (κ2) is 19.3. The smallest absolute Gasteiger partial charge is 0.309 e. The number of nitrogens with zero attached hydrogens (tertiary/aromatic N) is 9. The summed E-state index contributed by atoms with van der Waals surface area (Å²) in [5.41, 5.74) is 6.60. The van der Waals surface area contributed by atoms with Gasteiger partial charge in [-0.15, -0.1) is 0 Å². The van der Waals surface area contributed by atoms with E-state index < -0.39 is 11.7 Å². The monoisotopic (exact) mass is 1040 g/mol. The lowest BCUT2D eigenvalue weighted by molar-refractivity contribution is -0.137. The second-order valence-corrected chi connectivity index (χ2v) is 19.3. The Hall–Kier alpha value is -10.9. The van der Waals surface area contributed by atoms with Crippen molar-refractivity contribution in [2.75, 3.05) is 0 Å². The van der Waals surface area contributed by atoms with Crippen molar-refractivity contribution in [1.82, 2.24) is 39.0 Å². The van der Waals surface area contributed by atoms with Gasteiger partial charge >= 0.3 is 6.18 Å². The van der Waals surface area contributed by atoms with Crippen LogP contribution in [-0.4, -0.2) is 39.0 Å². The highest BCUT2D eigenvalue weighted by molar-refractivity contribution is 6.12. The largest absolute Gasteiger partial charge is 0.420 e. The average Bonchev–Trinajstić information content (AvgIpc) is 4.12. The zero-order chi connectivity index (χ0) is 53.9. The van der Waals surface area contributed by atoms with Crippen molar-refractivity contribution in [1.29, 1.82) is 5.26 Å². The minimum Gasteiger partial charge on any atom is -0.309 e. The van der Waals surface area contributed by atoms with E-state index in [-0.39, 0.29) is 11.4 Å². The van der Waals surface area contributed by atoms with E-state index in [9.17, 15) is 5.26 Å². The molecule has 9 nitrogen and oxygen atoms in total. The molecule has 378 valence electrons. The molecule has 14 rings (SSSR count). The Morgan fingerprint density at radius 2 is 0.637 bits per heavy atom. The third kappa shape index (κ3) is 8.37. The minimum atomic E-state index is -4.95. The van der Waals surface area contributed by atoms with Gasteiger partial charge in [0.05, 0.1) is 45.1 Å². The number of halogens is 3. The summed E-state index contributed by atoms with van der Waals surface area (Å²) < 4.78 is 54.8. The average molecular weight is 1040 g/mol. The Morgan fingerprint density at radius 1 is 0.300 bits per heavy atom. The Balaban J connectivity index is 1.06. The van der Waals surface area contributed by atoms with Crippen molar-refractivity contribution in [2.45, 2.75) is 6.18 Å². The molecule has 4 aromatic heterocycles. The number of hydrogen-bond acceptors (Lipinski definition) is 7. The SMILES string of the molecule is N#Cc1cccc(-c2cc(-n3c4ccccc4c4ccc(-c5nc(-c6ccccc6)nc(-c6ccccc6)n5)cc43)c(C(F)(F)F)c(-n3c4ccccc4c4ccc(-c5nc(-c6ccccc6)nc(-c6ccccc6)n5)cc43)c2)c1. The van der Waals surface area contributed by atoms with Crippen LogP contribution < -0.4 is 0 Å². The molecule has 0 unspecified atom stereocenters. The highest BCUT2D eigenvalue weighted by atomic mass is 19.4. The topological polar surface area (TPSA) is 111 Å². The van der Waals surface area contributed by atoms with Crippen LogP contribution >= 0.6 is 0 Å². The summed E-state index contributed by atoms with van der Waals surface area (Å²) in [6.07, 6.45) is -4.95. The maximum Gasteiger partial charge on any atom is 0.420 e. The standard InChI is InChI=1S/C68H40F3N9/c69-68(70,71)61-59(79-55-30-15-13-28-51(55)53-34-32-48(37-57(53)79)66-75-62(43-19-5-1-6-20-43)73-63(76-66)44-21-7-2-8-22-44)39-50(47-27-17-18-42(36-47)41-72)40-60(61)80-56-31-16-14-29-52(56)54-35-33-49(38-58(54)80)67-77-64(45-23-9-3-10-24-45)74-65(78-67)46-25-11-4-12-26-46/h1-40H. The van der Waals surface area contributed by atoms with Gasteiger partial charge in [0.2, 0.25) is 0 Å². The lowest BCUT2D eigenvalue weighted by Crippen LogP contribution is -2.16. The van der Waals surface area contributed by atoms with E-state index in [4.69, 9.17) is 29.9 Å². The number of hydrogen-bond donors (Lipinski definition) is 0. The predicted molar refractivity (Wildman–Crippen MR) is 310 cm³/mol. The van der Waals surface area contributed by atoms with Gasteiger partial charge in [0.15, 0.2) is 34.9 Å². The summed E-state index contributed by atoms with van der Waals surface area (Å²) >= 11 is 0. The van der Waals surface area contributed by atoms with Gasteiger partial charge in [-0.1, -0.05) is 194 Å². The molecular weight excluding hydrogens is 1000 g/mol. The molecule has 12 heteroatoms. The van der Waals surface area contributed by atoms with Gasteiger partial charge < -0.3 is 9.13 Å². The highest BCUT2D eigenvalue weighted by Gasteiger charge is 2.40. The molecular formula is C68H40F3N9. The number of alkyl halides is 3. The van der Waals surface area contributed by atoms with Crippen molar-refractivity contribution in [3.63, 3.8) is 0 Å². The zero-order valence-corrected chi connectivity index (χ0v) is 42.3. The molecule has 0 spiro atoms. The zero-order valence-electron chi connectivity index (χ0n) is 42.3. The molecule has 10 aromatic carbocycles. The third-order valence-corrected chi connectivity index (χ3v) is 14.4. The van der Waals surface area contributed by atoms with Crippen LogP contribution in [0.3, 0.4) is 0 Å². The second-order valence-electron chi connectivity index (χ2n) is 19.3. The first kappa shape index (κ1) is 47.5. The van der Waals surface area contributed by atoms with E-state index in [1.54, 1.807) is 39.5 Å². The van der Waals surface area contributed by atoms with E-state index in [2.05, 4.69) is 6.07 Å². The molecule has 4 heterocycles. The van der Waals surface area contributed by atoms with Gasteiger partial charge in [-0.3, -0.25) is 0 Å². The Morgan fingerprint density at radius 3 is 1.01 bits per heavy atom. The first-order valence-electron chi connectivity index (χ1n) is 25.8. The fraction of sp³-hybridized carbons (Fsp3) is 0.0147. The van der Waals surface area contributed by atoms with Crippen molar-refractivity contribution >= 4 is 43.6 Å². The maximum atomic E-state index is 17.1. The summed E-state index contributed by atoms with van der Waals surface area (Å²) in [6.45, 7) is 0. The van der Waals surface area contributed by atoms with Crippen LogP contribution in [0.25, 0.3) is 134 Å². The molecule has 0 N–H and O–H groups in total. The number of fused-ring (bicyclic) bond motifs is 6. The van der Waals surface area contributed by atoms with E-state index in [0.29, 0.717) is 84.8 Å². The van der Waals surface area contributed by atoms with Crippen molar-refractivity contribution in [2.24, 2.45) is 0 Å². The Kier molecular flexibility index (Phi) is 11.5. The number of rotatable bonds is 9. The molecule has 0 saturated heterocycles. The van der Waals surface area contributed by atoms with Crippen molar-refractivity contribution in [3.05, 3.63) is 254 Å². The van der Waals surface area contributed by atoms with Gasteiger partial charge in [0, 0.05) is 54.9 Å². The molecule has 0 aliphatic carbocycles. The number of benzene rings is 10. The van der Waals surface area contributed by atoms with E-state index >= 15 is 13.2 Å². The molecule has 0 aliphatic rings. The first-order chi connectivity index (χ1) is 39.2. The molecule has 0 fully saturated rings. The predicted octanol–water partition coefficient (Wildman–Crippen LogP) is 16.8. The van der Waals surface area contributed by atoms with Crippen LogP contribution in [0.5, 0.6) is 0 Å². The van der Waals surface area contributed by atoms with Gasteiger partial charge in [0.1, 0.15) is 5.56 Å². The van der Waals surface area contributed by atoms with E-state index in [0.717, 1.165) is 43.8 Å². The van der Waals surface area contributed by atoms with E-state index in [1.165, 1.54) is 0 Å². The van der Waals surface area contributed by atoms with Crippen molar-refractivity contribution in [3.8, 4) is 96.9 Å². The maximum absolute atomic E-state index is 17.1. The summed E-state index contributed by atoms with van der Waals surface area (Å²) in [5.74, 6) is 2.49. The molecule has 0 amide bonds. The van der Waals surface area contributed by atoms with Gasteiger partial charge in [-0.05, 0) is 59.7 Å². The molecule has 0 atom stereocenters. The summed E-state index contributed by atoms with van der Waals surface area (Å²) in [7, 11) is 0. The molecule has 0 aliphatic heterocycles. The molecule has 14 aromatic rings. The summed E-state index contributed by atoms with van der Waals surface area (Å²) in [6, 6.07) is 77.2. The molecule has 80 heavy (non-hydrogen) atoms. The molecule has 0 bridgehead atoms. The lowest BCUT2D eigenvalue weighted by Gasteiger charge is -2.23.